The van der Waals surface area contributed by atoms with E-state index in [9.17, 15) is 18.7 Å². The minimum atomic E-state index is -2.85. The third-order valence-electron chi connectivity index (χ3n) is 8.29. The fraction of sp³-hybridized carbons (Fsp3) is 0.514. The summed E-state index contributed by atoms with van der Waals surface area (Å²) in [6.07, 6.45) is 8.92. The molecule has 1 radical (unpaired) electrons. The third-order valence-corrected chi connectivity index (χ3v) is 8.29. The molecule has 1 fully saturated rings. The molecule has 0 bridgehead atoms. The van der Waals surface area contributed by atoms with Crippen LogP contribution < -0.4 is 0 Å². The molecule has 3 nitrogen and oxygen atoms in total. The first kappa shape index (κ1) is 33.5. The van der Waals surface area contributed by atoms with Crippen molar-refractivity contribution in [1.29, 1.82) is 0 Å². The van der Waals surface area contributed by atoms with Gasteiger partial charge in [-0.25, -0.2) is 8.78 Å². The summed E-state index contributed by atoms with van der Waals surface area (Å²) in [6.45, 7) is 10.4. The van der Waals surface area contributed by atoms with Crippen molar-refractivity contribution in [1.82, 2.24) is 4.98 Å². The summed E-state index contributed by atoms with van der Waals surface area (Å²) in [6, 6.07) is 14.1. The average molecular weight is 771 g/mol. The van der Waals surface area contributed by atoms with Gasteiger partial charge in [-0.3, -0.25) is 4.79 Å². The Kier molecular flexibility index (Phi) is 13.4. The normalized spacial score (nSPS) is 15.4. The van der Waals surface area contributed by atoms with E-state index in [1.165, 1.54) is 31.2 Å². The van der Waals surface area contributed by atoms with Crippen molar-refractivity contribution in [3.05, 3.63) is 77.1 Å². The van der Waals surface area contributed by atoms with Crippen LogP contribution in [0.25, 0.3) is 22.0 Å². The second-order valence-corrected chi connectivity index (χ2v) is 12.1. The summed E-state index contributed by atoms with van der Waals surface area (Å²) in [7, 11) is 0. The van der Waals surface area contributed by atoms with Crippen LogP contribution in [0.3, 0.4) is 0 Å². The van der Waals surface area contributed by atoms with E-state index in [1.807, 2.05) is 20.8 Å². The van der Waals surface area contributed by atoms with Gasteiger partial charge in [-0.2, -0.15) is 0 Å². The Morgan fingerprint density at radius 2 is 1.77 bits per heavy atom. The first-order valence-electron chi connectivity index (χ1n) is 16.5. The molecule has 0 amide bonds. The molecule has 43 heavy (non-hydrogen) atoms. The molecule has 1 aliphatic rings. The molecule has 1 aliphatic carbocycles. The topological polar surface area (TPSA) is 50.2 Å². The Balaban J connectivity index is 0.000000331. The van der Waals surface area contributed by atoms with Gasteiger partial charge in [-0.15, -0.1) is 34.9 Å². The fourth-order valence-corrected chi connectivity index (χ4v) is 5.98. The van der Waals surface area contributed by atoms with Crippen molar-refractivity contribution in [2.24, 2.45) is 17.8 Å². The van der Waals surface area contributed by atoms with Crippen LogP contribution in [0.2, 0.25) is 0 Å². The van der Waals surface area contributed by atoms with Crippen LogP contribution in [0, 0.1) is 37.7 Å². The molecule has 237 valence electrons. The van der Waals surface area contributed by atoms with E-state index >= 15 is 0 Å². The molecule has 1 saturated carbocycles. The van der Waals surface area contributed by atoms with Gasteiger partial charge in [0.25, 0.3) is 0 Å². The first-order chi connectivity index (χ1) is 20.8. The summed E-state index contributed by atoms with van der Waals surface area (Å²) >= 11 is 0. The molecule has 0 spiro atoms. The van der Waals surface area contributed by atoms with Crippen LogP contribution in [0.1, 0.15) is 98.5 Å². The van der Waals surface area contributed by atoms with Crippen LogP contribution in [-0.4, -0.2) is 21.8 Å². The minimum absolute atomic E-state index is 0. The maximum Gasteiger partial charge on any atom is 0.246 e. The number of benzene rings is 2. The molecule has 0 aliphatic heterocycles. The van der Waals surface area contributed by atoms with Crippen molar-refractivity contribution >= 4 is 16.6 Å². The van der Waals surface area contributed by atoms with E-state index in [-0.39, 0.29) is 44.0 Å². The molecule has 3 aromatic rings. The molecule has 1 heterocycles. The fourth-order valence-electron chi connectivity index (χ4n) is 5.98. The number of aromatic nitrogens is 1. The molecule has 6 heteroatoms. The number of halogens is 2. The van der Waals surface area contributed by atoms with Crippen LogP contribution in [0.4, 0.5) is 8.78 Å². The van der Waals surface area contributed by atoms with Gasteiger partial charge in [0, 0.05) is 50.6 Å². The quantitative estimate of drug-likeness (QED) is 0.120. The zero-order valence-corrected chi connectivity index (χ0v) is 28.8. The molecule has 1 N–H and O–H groups in total. The maximum absolute atomic E-state index is 12.9. The largest absolute Gasteiger partial charge is 0.512 e. The standard InChI is InChI=1S/C23H24N.C14H24F2O2.Ir/c1-16-11-17(2)13-21(12-16)23-22-8-7-19(14-18-5-3-4-6-18)15-20(22)9-10-24-23;1-5-10(6-2)12(17)8-13(18)11(7-3)9-14(4,15)16;/h7-12,15,18H,3-6,14H2,1-2H3;8,10-11,17H,5-7,9H2,1-4H3;/q-1;;/b;12-8-;/i9D,10D;;. The summed E-state index contributed by atoms with van der Waals surface area (Å²) < 4.78 is 42.4. The van der Waals surface area contributed by atoms with Gasteiger partial charge in [0.05, 0.1) is 8.50 Å². The number of alkyl halides is 2. The monoisotopic (exact) mass is 771 g/mol. The Morgan fingerprint density at radius 3 is 2.35 bits per heavy atom. The Morgan fingerprint density at radius 1 is 1.12 bits per heavy atom. The Bertz CT molecular complexity index is 1440. The van der Waals surface area contributed by atoms with Gasteiger partial charge in [0.15, 0.2) is 5.78 Å². The number of nitrogens with zero attached hydrogens (tertiary/aromatic N) is 1. The molecule has 1 aromatic heterocycles. The van der Waals surface area contributed by atoms with E-state index in [1.54, 1.807) is 6.92 Å². The van der Waals surface area contributed by atoms with E-state index in [4.69, 9.17) is 2.74 Å². The van der Waals surface area contributed by atoms with Gasteiger partial charge >= 0.3 is 0 Å². The van der Waals surface area contributed by atoms with Gasteiger partial charge in [0.1, 0.15) is 0 Å². The maximum atomic E-state index is 12.9. The van der Waals surface area contributed by atoms with Gasteiger partial charge in [-0.05, 0) is 66.6 Å². The van der Waals surface area contributed by atoms with Crippen molar-refractivity contribution in [3.63, 3.8) is 0 Å². The number of carbonyl (C=O) groups excluding carboxylic acids is 1. The van der Waals surface area contributed by atoms with Crippen molar-refractivity contribution < 1.29 is 41.5 Å². The van der Waals surface area contributed by atoms with E-state index < -0.39 is 24.0 Å². The molecular weight excluding hydrogens is 721 g/mol. The van der Waals surface area contributed by atoms with Crippen LogP contribution in [0.15, 0.2) is 54.4 Å². The minimum Gasteiger partial charge on any atom is -0.512 e. The van der Waals surface area contributed by atoms with Gasteiger partial charge in [0.2, 0.25) is 5.92 Å². The van der Waals surface area contributed by atoms with Gasteiger partial charge in [-0.1, -0.05) is 78.5 Å². The molecule has 2 aromatic carbocycles. The smallest absolute Gasteiger partial charge is 0.246 e. The molecule has 1 atom stereocenters. The van der Waals surface area contributed by atoms with Gasteiger partial charge < -0.3 is 10.1 Å². The number of fused-ring (bicyclic) bond motifs is 1. The number of hydrogen-bond donors (Lipinski definition) is 1. The number of hydrogen-bond acceptors (Lipinski definition) is 3. The zero-order valence-electron chi connectivity index (χ0n) is 28.5. The SMILES string of the molecule is CCC(CC(C)(F)F)C(=O)/C=C(\O)C(CC)CC.[2H]c1nc(-c2[c-]c(C)cc(C)c2)c2ccc(CC3CCCC3)cc2c1[2H].[Ir]. The number of aliphatic hydroxyl groups excluding tert-OH is 1. The van der Waals surface area contributed by atoms with Crippen molar-refractivity contribution in [2.75, 3.05) is 0 Å². The summed E-state index contributed by atoms with van der Waals surface area (Å²) in [4.78, 5) is 16.3. The van der Waals surface area contributed by atoms with Crippen LogP contribution in [0.5, 0.6) is 0 Å². The number of pyridine rings is 1. The van der Waals surface area contributed by atoms with E-state index in [0.717, 1.165) is 71.3 Å². The van der Waals surface area contributed by atoms with Crippen LogP contribution in [-0.2, 0) is 31.3 Å². The predicted octanol–water partition coefficient (Wildman–Crippen LogP) is 10.6. The zero-order chi connectivity index (χ0) is 32.6. The van der Waals surface area contributed by atoms with Crippen molar-refractivity contribution in [2.45, 2.75) is 105 Å². The summed E-state index contributed by atoms with van der Waals surface area (Å²) in [5.74, 6) is -3.25. The van der Waals surface area contributed by atoms with E-state index in [0.29, 0.717) is 6.42 Å². The number of ketones is 1. The summed E-state index contributed by atoms with van der Waals surface area (Å²) in [5.41, 5.74) is 5.17. The number of aliphatic hydroxyl groups is 1. The van der Waals surface area contributed by atoms with E-state index in [2.05, 4.69) is 48.3 Å². The average Bonchev–Trinajstić information content (AvgIpc) is 3.46. The predicted molar refractivity (Wildman–Crippen MR) is 170 cm³/mol. The number of carbonyl (C=O) groups is 1. The van der Waals surface area contributed by atoms with Crippen molar-refractivity contribution in [3.8, 4) is 11.3 Å². The number of allylic oxidation sites excluding steroid dienone is 2. The summed E-state index contributed by atoms with van der Waals surface area (Å²) in [5, 5.41) is 11.6. The first-order valence-corrected chi connectivity index (χ1v) is 15.5. The van der Waals surface area contributed by atoms with Crippen LogP contribution >= 0.6 is 0 Å². The second kappa shape index (κ2) is 17.2. The third kappa shape index (κ3) is 11.2. The second-order valence-electron chi connectivity index (χ2n) is 12.1. The Hall–Kier alpha value is -2.43. The molecular formula is C37H48F2IrNO2-. The molecule has 0 saturated heterocycles. The number of rotatable bonds is 11. The molecule has 4 rings (SSSR count). The number of aryl methyl sites for hydroxylation is 2. The Labute approximate surface area is 273 Å². The molecule has 1 unspecified atom stereocenters.